The van der Waals surface area contributed by atoms with Crippen molar-refractivity contribution in [3.63, 3.8) is 0 Å². The largest absolute Gasteiger partial charge is 0.330 e. The molecule has 0 bridgehead atoms. The van der Waals surface area contributed by atoms with Gasteiger partial charge in [-0.05, 0) is 62.4 Å². The lowest BCUT2D eigenvalue weighted by Gasteiger charge is -2.30. The molecule has 0 spiro atoms. The summed E-state index contributed by atoms with van der Waals surface area (Å²) in [5.41, 5.74) is 8.94. The highest BCUT2D eigenvalue weighted by Gasteiger charge is 2.30. The maximum absolute atomic E-state index is 12.5. The lowest BCUT2D eigenvalue weighted by Crippen LogP contribution is -2.35. The van der Waals surface area contributed by atoms with E-state index in [4.69, 9.17) is 5.73 Å². The van der Waals surface area contributed by atoms with Crippen molar-refractivity contribution in [2.45, 2.75) is 39.5 Å². The van der Waals surface area contributed by atoms with Crippen LogP contribution in [0.1, 0.15) is 36.8 Å². The third kappa shape index (κ3) is 3.41. The van der Waals surface area contributed by atoms with Crippen LogP contribution in [0.3, 0.4) is 0 Å². The van der Waals surface area contributed by atoms with Gasteiger partial charge in [-0.15, -0.1) is 0 Å². The number of rotatable bonds is 3. The quantitative estimate of drug-likeness (QED) is 0.881. The minimum absolute atomic E-state index is 0.0659. The molecule has 1 aromatic rings. The van der Waals surface area contributed by atoms with Crippen molar-refractivity contribution >= 4 is 27.5 Å². The van der Waals surface area contributed by atoms with Crippen molar-refractivity contribution in [3.8, 4) is 0 Å². The van der Waals surface area contributed by atoms with E-state index in [9.17, 15) is 4.79 Å². The van der Waals surface area contributed by atoms with Gasteiger partial charge in [-0.3, -0.25) is 4.79 Å². The van der Waals surface area contributed by atoms with E-state index >= 15 is 0 Å². The summed E-state index contributed by atoms with van der Waals surface area (Å²) in [4.78, 5) is 12.5. The van der Waals surface area contributed by atoms with Gasteiger partial charge < -0.3 is 11.1 Å². The van der Waals surface area contributed by atoms with Crippen LogP contribution in [0.25, 0.3) is 0 Å². The molecule has 4 heteroatoms. The van der Waals surface area contributed by atoms with Gasteiger partial charge in [0.2, 0.25) is 5.91 Å². The molecule has 2 unspecified atom stereocenters. The molecule has 1 aliphatic rings. The van der Waals surface area contributed by atoms with E-state index in [1.54, 1.807) is 0 Å². The first-order chi connectivity index (χ1) is 9.52. The minimum atomic E-state index is 0.0659. The van der Waals surface area contributed by atoms with Crippen LogP contribution in [0.2, 0.25) is 0 Å². The number of nitrogens with two attached hydrogens (primary N) is 1. The molecule has 20 heavy (non-hydrogen) atoms. The summed E-state index contributed by atoms with van der Waals surface area (Å²) < 4.78 is 1.04. The molecule has 110 valence electrons. The molecule has 3 nitrogen and oxygen atoms in total. The van der Waals surface area contributed by atoms with Crippen LogP contribution < -0.4 is 11.1 Å². The first-order valence-electron chi connectivity index (χ1n) is 7.30. The van der Waals surface area contributed by atoms with Crippen LogP contribution in [0.5, 0.6) is 0 Å². The first-order valence-corrected chi connectivity index (χ1v) is 8.10. The molecule has 0 radical (unpaired) electrons. The second-order valence-corrected chi connectivity index (χ2v) is 6.71. The molecule has 2 rings (SSSR count). The zero-order valence-electron chi connectivity index (χ0n) is 12.2. The van der Waals surface area contributed by atoms with Crippen molar-refractivity contribution in [2.75, 3.05) is 11.9 Å². The van der Waals surface area contributed by atoms with Crippen LogP contribution >= 0.6 is 15.9 Å². The number of benzene rings is 1. The van der Waals surface area contributed by atoms with E-state index in [-0.39, 0.29) is 11.8 Å². The van der Waals surface area contributed by atoms with Gasteiger partial charge in [-0.25, -0.2) is 0 Å². The van der Waals surface area contributed by atoms with Crippen molar-refractivity contribution < 1.29 is 4.79 Å². The van der Waals surface area contributed by atoms with Crippen molar-refractivity contribution in [1.82, 2.24) is 0 Å². The van der Waals surface area contributed by atoms with Crippen LogP contribution in [0, 0.1) is 25.7 Å². The average Bonchev–Trinajstić information content (AvgIpc) is 2.42. The summed E-state index contributed by atoms with van der Waals surface area (Å²) in [7, 11) is 0. The number of anilines is 1. The fourth-order valence-electron chi connectivity index (χ4n) is 3.16. The van der Waals surface area contributed by atoms with Gasteiger partial charge in [-0.2, -0.15) is 0 Å². The number of hydrogen-bond acceptors (Lipinski definition) is 2. The Labute approximate surface area is 129 Å². The molecule has 1 aliphatic carbocycles. The van der Waals surface area contributed by atoms with Crippen molar-refractivity contribution in [1.29, 1.82) is 0 Å². The third-order valence-corrected chi connectivity index (χ3v) is 4.75. The number of carbonyl (C=O) groups excluding carboxylic acids is 1. The van der Waals surface area contributed by atoms with Gasteiger partial charge >= 0.3 is 0 Å². The predicted octanol–water partition coefficient (Wildman–Crippen LogP) is 3.77. The number of carbonyl (C=O) groups is 1. The normalized spacial score (nSPS) is 22.6. The zero-order valence-corrected chi connectivity index (χ0v) is 13.8. The molecule has 0 heterocycles. The lowest BCUT2D eigenvalue weighted by molar-refractivity contribution is -0.122. The van der Waals surface area contributed by atoms with Crippen LogP contribution in [-0.4, -0.2) is 12.5 Å². The molecule has 0 aromatic heterocycles. The Bertz CT molecular complexity index is 478. The Morgan fingerprint density at radius 2 is 1.90 bits per heavy atom. The second-order valence-electron chi connectivity index (χ2n) is 5.79. The highest BCUT2D eigenvalue weighted by Crippen LogP contribution is 2.32. The van der Waals surface area contributed by atoms with Gasteiger partial charge in [0.1, 0.15) is 0 Å². The van der Waals surface area contributed by atoms with E-state index in [0.717, 1.165) is 40.5 Å². The predicted molar refractivity (Wildman–Crippen MR) is 86.7 cm³/mol. The highest BCUT2D eigenvalue weighted by molar-refractivity contribution is 9.10. The molecule has 3 N–H and O–H groups in total. The third-order valence-electron chi connectivity index (χ3n) is 4.29. The van der Waals surface area contributed by atoms with E-state index in [1.165, 1.54) is 6.42 Å². The molecule has 1 saturated carbocycles. The molecule has 1 aromatic carbocycles. The fourth-order valence-corrected chi connectivity index (χ4v) is 3.85. The molecule has 1 fully saturated rings. The molecule has 1 amide bonds. The van der Waals surface area contributed by atoms with E-state index in [0.29, 0.717) is 12.5 Å². The molecule has 0 saturated heterocycles. The standard InChI is InChI=1S/C16H23BrN2O/c1-10-7-13(17)8-11(2)15(10)19-16(20)14-6-4-3-5-12(14)9-18/h7-8,12,14H,3-6,9,18H2,1-2H3,(H,19,20). The van der Waals surface area contributed by atoms with Crippen LogP contribution in [-0.2, 0) is 4.79 Å². The molecule has 2 atom stereocenters. The summed E-state index contributed by atoms with van der Waals surface area (Å²) in [6.45, 7) is 4.65. The van der Waals surface area contributed by atoms with E-state index in [2.05, 4.69) is 21.2 Å². The van der Waals surface area contributed by atoms with Gasteiger partial charge in [-0.1, -0.05) is 28.8 Å². The maximum atomic E-state index is 12.5. The van der Waals surface area contributed by atoms with Gasteiger partial charge in [0.25, 0.3) is 0 Å². The fraction of sp³-hybridized carbons (Fsp3) is 0.562. The number of halogens is 1. The average molecular weight is 339 g/mol. The number of amides is 1. The van der Waals surface area contributed by atoms with Crippen molar-refractivity contribution in [3.05, 3.63) is 27.7 Å². The Morgan fingerprint density at radius 1 is 1.30 bits per heavy atom. The second kappa shape index (κ2) is 6.72. The Balaban J connectivity index is 2.15. The topological polar surface area (TPSA) is 55.1 Å². The Kier molecular flexibility index (Phi) is 5.22. The molecular weight excluding hydrogens is 316 g/mol. The van der Waals surface area contributed by atoms with Gasteiger partial charge in [0, 0.05) is 16.1 Å². The lowest BCUT2D eigenvalue weighted by atomic mass is 9.78. The number of aryl methyl sites for hydroxylation is 2. The Hall–Kier alpha value is -0.870. The maximum Gasteiger partial charge on any atom is 0.227 e. The SMILES string of the molecule is Cc1cc(Br)cc(C)c1NC(=O)C1CCCCC1CN. The summed E-state index contributed by atoms with van der Waals surface area (Å²) >= 11 is 3.48. The minimum Gasteiger partial charge on any atom is -0.330 e. The summed E-state index contributed by atoms with van der Waals surface area (Å²) in [6.07, 6.45) is 4.37. The van der Waals surface area contributed by atoms with Gasteiger partial charge in [0.15, 0.2) is 0 Å². The van der Waals surface area contributed by atoms with E-state index in [1.807, 2.05) is 26.0 Å². The monoisotopic (exact) mass is 338 g/mol. The summed E-state index contributed by atoms with van der Waals surface area (Å²) in [5, 5.41) is 3.12. The van der Waals surface area contributed by atoms with E-state index < -0.39 is 0 Å². The van der Waals surface area contributed by atoms with Gasteiger partial charge in [0.05, 0.1) is 0 Å². The van der Waals surface area contributed by atoms with Crippen molar-refractivity contribution in [2.24, 2.45) is 17.6 Å². The molecular formula is C16H23BrN2O. The highest BCUT2D eigenvalue weighted by atomic mass is 79.9. The number of nitrogens with one attached hydrogen (secondary N) is 1. The Morgan fingerprint density at radius 3 is 2.50 bits per heavy atom. The van der Waals surface area contributed by atoms with Crippen LogP contribution in [0.4, 0.5) is 5.69 Å². The first kappa shape index (κ1) is 15.5. The summed E-state index contributed by atoms with van der Waals surface area (Å²) in [6, 6.07) is 4.06. The zero-order chi connectivity index (χ0) is 14.7. The molecule has 0 aliphatic heterocycles. The van der Waals surface area contributed by atoms with Crippen LogP contribution in [0.15, 0.2) is 16.6 Å². The smallest absolute Gasteiger partial charge is 0.227 e. The number of hydrogen-bond donors (Lipinski definition) is 2. The summed E-state index contributed by atoms with van der Waals surface area (Å²) in [5.74, 6) is 0.532.